The highest BCUT2D eigenvalue weighted by Gasteiger charge is 2.46. The number of anilines is 1. The zero-order valence-electron chi connectivity index (χ0n) is 25.3. The van der Waals surface area contributed by atoms with Crippen LogP contribution in [0.5, 0.6) is 5.75 Å². The summed E-state index contributed by atoms with van der Waals surface area (Å²) in [5.41, 5.74) is 2.80. The fourth-order valence-electron chi connectivity index (χ4n) is 8.42. The molecule has 6 atom stereocenters. The Bertz CT molecular complexity index is 1560. The monoisotopic (exact) mass is 642 g/mol. The van der Waals surface area contributed by atoms with Gasteiger partial charge in [0.15, 0.2) is 0 Å². The van der Waals surface area contributed by atoms with E-state index in [4.69, 9.17) is 21.5 Å². The van der Waals surface area contributed by atoms with Gasteiger partial charge in [-0.2, -0.15) is 0 Å². The number of benzene rings is 2. The Morgan fingerprint density at radius 3 is 2.73 bits per heavy atom. The minimum atomic E-state index is -3.62. The van der Waals surface area contributed by atoms with E-state index in [1.54, 1.807) is 18.2 Å². The number of aromatic carboxylic acids is 1. The van der Waals surface area contributed by atoms with Crippen LogP contribution in [0.25, 0.3) is 0 Å². The van der Waals surface area contributed by atoms with Gasteiger partial charge in [0.2, 0.25) is 10.0 Å². The fourth-order valence-corrected chi connectivity index (χ4v) is 10.1. The Morgan fingerprint density at radius 1 is 1.18 bits per heavy atom. The van der Waals surface area contributed by atoms with Crippen LogP contribution in [0, 0.1) is 17.3 Å². The van der Waals surface area contributed by atoms with E-state index in [1.807, 2.05) is 25.1 Å². The van der Waals surface area contributed by atoms with Crippen LogP contribution >= 0.6 is 11.6 Å². The number of ether oxygens (including phenoxy) is 1. The normalized spacial score (nSPS) is 30.7. The molecule has 44 heavy (non-hydrogen) atoms. The molecule has 6 rings (SSSR count). The molecule has 8 nitrogen and oxygen atoms in total. The molecule has 4 aliphatic rings. The quantitative estimate of drug-likeness (QED) is 0.315. The van der Waals surface area contributed by atoms with Crippen molar-refractivity contribution < 1.29 is 28.2 Å². The number of aliphatic hydroxyl groups is 1. The molecule has 1 aliphatic heterocycles. The zero-order valence-corrected chi connectivity index (χ0v) is 26.8. The molecule has 2 aromatic carbocycles. The largest absolute Gasteiger partial charge is 0.490 e. The second kappa shape index (κ2) is 12.0. The van der Waals surface area contributed by atoms with Gasteiger partial charge >= 0.3 is 5.97 Å². The third-order valence-corrected chi connectivity index (χ3v) is 12.8. The van der Waals surface area contributed by atoms with Gasteiger partial charge in [-0.25, -0.2) is 18.4 Å². The van der Waals surface area contributed by atoms with E-state index in [2.05, 4.69) is 17.0 Å². The molecule has 2 saturated carbocycles. The average Bonchev–Trinajstić information content (AvgIpc) is 3.28. The predicted octanol–water partition coefficient (Wildman–Crippen LogP) is 5.69. The summed E-state index contributed by atoms with van der Waals surface area (Å²) in [6.45, 7) is 3.83. The van der Waals surface area contributed by atoms with Gasteiger partial charge in [-0.1, -0.05) is 43.2 Å². The van der Waals surface area contributed by atoms with Gasteiger partial charge in [0.05, 0.1) is 29.2 Å². The third-order valence-electron chi connectivity index (χ3n) is 11.0. The molecule has 3 aliphatic carbocycles. The van der Waals surface area contributed by atoms with E-state index in [-0.39, 0.29) is 22.8 Å². The van der Waals surface area contributed by atoms with Gasteiger partial charge in [-0.15, -0.1) is 0 Å². The minimum absolute atomic E-state index is 0.0559. The second-order valence-corrected chi connectivity index (χ2v) is 16.0. The smallest absolute Gasteiger partial charge is 0.335 e. The number of carbonyl (C=O) groups is 1. The van der Waals surface area contributed by atoms with Gasteiger partial charge in [0, 0.05) is 23.5 Å². The average molecular weight is 643 g/mol. The van der Waals surface area contributed by atoms with Crippen molar-refractivity contribution in [1.82, 2.24) is 0 Å². The van der Waals surface area contributed by atoms with Crippen molar-refractivity contribution in [3.63, 3.8) is 0 Å². The van der Waals surface area contributed by atoms with Crippen molar-refractivity contribution in [2.24, 2.45) is 22.4 Å². The highest BCUT2D eigenvalue weighted by atomic mass is 35.5. The van der Waals surface area contributed by atoms with Crippen LogP contribution in [0.2, 0.25) is 5.02 Å². The lowest BCUT2D eigenvalue weighted by Gasteiger charge is -2.45. The molecule has 0 bridgehead atoms. The number of nitrogens with two attached hydrogens (primary N) is 1. The number of primary sulfonamides is 1. The van der Waals surface area contributed by atoms with Crippen LogP contribution in [-0.2, 0) is 21.9 Å². The first-order chi connectivity index (χ1) is 20.9. The maximum absolute atomic E-state index is 12.2. The Labute approximate surface area is 265 Å². The first-order valence-corrected chi connectivity index (χ1v) is 17.8. The SMILES string of the molecule is C[C@@]1(C/C=C/[C@H](O)[C@@H]2CC[C@H]2CN2C[C@@]3(CCCc4cc(Cl)ccc43)COc3ccc(C(=O)O)cc32)CCC[C@@H]1S(N)(=O)=O. The topological polar surface area (TPSA) is 130 Å². The highest BCUT2D eigenvalue weighted by Crippen LogP contribution is 2.47. The number of halogens is 1. The number of fused-ring (bicyclic) bond motifs is 3. The van der Waals surface area contributed by atoms with Crippen LogP contribution < -0.4 is 14.8 Å². The molecule has 1 spiro atoms. The molecule has 2 aromatic rings. The number of hydrogen-bond donors (Lipinski definition) is 3. The number of aryl methyl sites for hydroxylation is 1. The number of carboxylic acid groups (broad SMARTS) is 1. The summed E-state index contributed by atoms with van der Waals surface area (Å²) in [6, 6.07) is 11.2. The Hall–Kier alpha value is -2.59. The van der Waals surface area contributed by atoms with E-state index < -0.39 is 32.8 Å². The fraction of sp³-hybridized carbons (Fsp3) is 0.559. The van der Waals surface area contributed by atoms with Gasteiger partial charge in [0.25, 0.3) is 0 Å². The molecule has 0 unspecified atom stereocenters. The number of allylic oxidation sites excluding steroid dienone is 1. The molecule has 238 valence electrons. The van der Waals surface area contributed by atoms with Crippen molar-refractivity contribution in [3.05, 3.63) is 70.3 Å². The molecular weight excluding hydrogens is 600 g/mol. The van der Waals surface area contributed by atoms with Gasteiger partial charge in [-0.05, 0) is 110 Å². The summed E-state index contributed by atoms with van der Waals surface area (Å²) in [6.07, 6.45) is 10.7. The van der Waals surface area contributed by atoms with Gasteiger partial charge in [0.1, 0.15) is 5.75 Å². The summed E-state index contributed by atoms with van der Waals surface area (Å²) < 4.78 is 30.8. The molecule has 1 heterocycles. The molecule has 2 fully saturated rings. The number of hydrogen-bond acceptors (Lipinski definition) is 6. The van der Waals surface area contributed by atoms with Crippen molar-refractivity contribution in [2.45, 2.75) is 81.5 Å². The van der Waals surface area contributed by atoms with Gasteiger partial charge in [-0.3, -0.25) is 0 Å². The molecule has 0 radical (unpaired) electrons. The van der Waals surface area contributed by atoms with Gasteiger partial charge < -0.3 is 19.8 Å². The van der Waals surface area contributed by atoms with Crippen molar-refractivity contribution >= 4 is 33.3 Å². The number of nitrogens with zero attached hydrogens (tertiary/aromatic N) is 1. The minimum Gasteiger partial charge on any atom is -0.490 e. The lowest BCUT2D eigenvalue weighted by molar-refractivity contribution is 0.0455. The molecule has 0 amide bonds. The maximum atomic E-state index is 12.2. The molecule has 10 heteroatoms. The molecule has 0 saturated heterocycles. The summed E-state index contributed by atoms with van der Waals surface area (Å²) >= 11 is 6.37. The van der Waals surface area contributed by atoms with E-state index in [0.29, 0.717) is 38.3 Å². The first kappa shape index (κ1) is 31.4. The highest BCUT2D eigenvalue weighted by molar-refractivity contribution is 7.89. The second-order valence-electron chi connectivity index (χ2n) is 13.8. The Balaban J connectivity index is 1.23. The van der Waals surface area contributed by atoms with Crippen LogP contribution in [0.1, 0.15) is 79.8 Å². The summed E-state index contributed by atoms with van der Waals surface area (Å²) in [7, 11) is -3.62. The summed E-state index contributed by atoms with van der Waals surface area (Å²) in [5.74, 6) is -0.0374. The summed E-state index contributed by atoms with van der Waals surface area (Å²) in [5, 5.41) is 26.7. The Kier molecular flexibility index (Phi) is 8.54. The number of rotatable bonds is 8. The van der Waals surface area contributed by atoms with Crippen LogP contribution in [0.4, 0.5) is 5.69 Å². The zero-order chi connectivity index (χ0) is 31.3. The first-order valence-electron chi connectivity index (χ1n) is 15.8. The standard InChI is InChI=1S/C34H43ClN2O6S/c1-33(15-4-7-31(33)44(36,41)42)14-3-6-29(38)26-11-8-24(26)19-37-20-34(16-2-5-22-17-25(35)10-12-27(22)34)21-43-30-13-9-23(32(39)40)18-28(30)37/h3,6,9-10,12-13,17-18,24,26,29,31,38H,2,4-5,7-8,11,14-16,19-21H2,1H3,(H,39,40)(H2,36,41,42)/b6-3+/t24-,26+,29-,31-,33+,34-/m0/s1. The predicted molar refractivity (Wildman–Crippen MR) is 172 cm³/mol. The third kappa shape index (κ3) is 6.00. The summed E-state index contributed by atoms with van der Waals surface area (Å²) in [4.78, 5) is 14.2. The molecule has 4 N–H and O–H groups in total. The van der Waals surface area contributed by atoms with E-state index >= 15 is 0 Å². The van der Waals surface area contributed by atoms with Crippen molar-refractivity contribution in [1.29, 1.82) is 0 Å². The number of sulfonamides is 1. The van der Waals surface area contributed by atoms with E-state index in [1.165, 1.54) is 11.1 Å². The molecule has 0 aromatic heterocycles. The van der Waals surface area contributed by atoms with Crippen molar-refractivity contribution in [3.8, 4) is 5.75 Å². The van der Waals surface area contributed by atoms with E-state index in [0.717, 1.165) is 55.7 Å². The maximum Gasteiger partial charge on any atom is 0.335 e. The van der Waals surface area contributed by atoms with Crippen LogP contribution in [0.3, 0.4) is 0 Å². The Morgan fingerprint density at radius 2 is 2.00 bits per heavy atom. The van der Waals surface area contributed by atoms with E-state index in [9.17, 15) is 23.4 Å². The number of aliphatic hydroxyl groups excluding tert-OH is 1. The van der Waals surface area contributed by atoms with Crippen LogP contribution in [-0.4, -0.2) is 55.7 Å². The lowest BCUT2D eigenvalue weighted by atomic mass is 9.68. The molecular formula is C34H43ClN2O6S. The van der Waals surface area contributed by atoms with Crippen LogP contribution in [0.15, 0.2) is 48.6 Å². The number of carboxylic acids is 1. The van der Waals surface area contributed by atoms with Crippen molar-refractivity contribution in [2.75, 3.05) is 24.6 Å². The lowest BCUT2D eigenvalue weighted by Crippen LogP contribution is -2.49.